The molecule has 2 aromatic heterocycles. The highest BCUT2D eigenvalue weighted by atomic mass is 32.1. The average Bonchev–Trinajstić information content (AvgIpc) is 2.92. The molecule has 0 spiro atoms. The van der Waals surface area contributed by atoms with Gasteiger partial charge in [0.15, 0.2) is 6.61 Å². The van der Waals surface area contributed by atoms with Gasteiger partial charge < -0.3 is 10.1 Å². The van der Waals surface area contributed by atoms with E-state index in [0.717, 1.165) is 5.56 Å². The third-order valence-corrected chi connectivity index (χ3v) is 4.21. The fourth-order valence-corrected chi connectivity index (χ4v) is 3.05. The number of ether oxygens (including phenoxy) is 1. The molecule has 2 heterocycles. The second-order valence-electron chi connectivity index (χ2n) is 5.66. The summed E-state index contributed by atoms with van der Waals surface area (Å²) < 4.78 is 43.4. The summed E-state index contributed by atoms with van der Waals surface area (Å²) in [5, 5.41) is 7.74. The number of benzene rings is 1. The van der Waals surface area contributed by atoms with Crippen molar-refractivity contribution in [3.63, 3.8) is 0 Å². The minimum atomic E-state index is -4.42. The Morgan fingerprint density at radius 1 is 1.27 bits per heavy atom. The number of nitrogens with zero attached hydrogens (tertiary/aromatic N) is 3. The van der Waals surface area contributed by atoms with Crippen molar-refractivity contribution in [2.45, 2.75) is 26.6 Å². The van der Waals surface area contributed by atoms with Crippen LogP contribution < -0.4 is 15.6 Å². The van der Waals surface area contributed by atoms with Gasteiger partial charge in [0.25, 0.3) is 5.56 Å². The van der Waals surface area contributed by atoms with Crippen LogP contribution in [0, 0.1) is 13.8 Å². The first-order chi connectivity index (χ1) is 12.2. The quantitative estimate of drug-likeness (QED) is 0.731. The molecule has 1 aromatic carbocycles. The Bertz CT molecular complexity index is 997. The summed E-state index contributed by atoms with van der Waals surface area (Å²) in [5.41, 5.74) is 1.31. The number of halogens is 3. The standard InChI is InChI=1S/C16H15F3N4O2S/c1-9-3-4-12(13(5-9)25-8-16(17,18)19)20-7-11-6-14(24)23-15(21-11)26-10(2)22-23/h3-6,20H,7-8H2,1-2H3. The van der Waals surface area contributed by atoms with Crippen molar-refractivity contribution in [1.82, 2.24) is 14.6 Å². The van der Waals surface area contributed by atoms with E-state index in [-0.39, 0.29) is 17.9 Å². The molecule has 3 aromatic rings. The van der Waals surface area contributed by atoms with E-state index in [2.05, 4.69) is 15.4 Å². The largest absolute Gasteiger partial charge is 0.482 e. The fraction of sp³-hybridized carbons (Fsp3) is 0.312. The van der Waals surface area contributed by atoms with Crippen molar-refractivity contribution in [1.29, 1.82) is 0 Å². The number of alkyl halides is 3. The zero-order valence-corrected chi connectivity index (χ0v) is 14.7. The van der Waals surface area contributed by atoms with Crippen LogP contribution in [-0.2, 0) is 6.54 Å². The first kappa shape index (κ1) is 18.2. The highest BCUT2D eigenvalue weighted by Gasteiger charge is 2.28. The van der Waals surface area contributed by atoms with Crippen LogP contribution in [-0.4, -0.2) is 27.4 Å². The maximum atomic E-state index is 12.4. The lowest BCUT2D eigenvalue weighted by Crippen LogP contribution is -2.20. The number of rotatable bonds is 5. The number of fused-ring (bicyclic) bond motifs is 1. The van der Waals surface area contributed by atoms with Gasteiger partial charge in [-0.1, -0.05) is 17.4 Å². The van der Waals surface area contributed by atoms with E-state index >= 15 is 0 Å². The molecule has 0 fully saturated rings. The summed E-state index contributed by atoms with van der Waals surface area (Å²) in [7, 11) is 0. The molecule has 0 saturated heterocycles. The van der Waals surface area contributed by atoms with Gasteiger partial charge in [-0.25, -0.2) is 4.98 Å². The Morgan fingerprint density at radius 3 is 2.77 bits per heavy atom. The van der Waals surface area contributed by atoms with E-state index in [0.29, 0.717) is 21.3 Å². The fourth-order valence-electron chi connectivity index (χ4n) is 2.28. The van der Waals surface area contributed by atoms with Gasteiger partial charge in [-0.3, -0.25) is 4.79 Å². The molecule has 0 aliphatic heterocycles. The van der Waals surface area contributed by atoms with Crippen molar-refractivity contribution in [3.05, 3.63) is 50.9 Å². The van der Waals surface area contributed by atoms with E-state index < -0.39 is 12.8 Å². The maximum Gasteiger partial charge on any atom is 0.422 e. The molecule has 0 unspecified atom stereocenters. The van der Waals surface area contributed by atoms with Gasteiger partial charge in [0.1, 0.15) is 10.8 Å². The van der Waals surface area contributed by atoms with E-state index in [1.165, 1.54) is 28.0 Å². The molecule has 1 N–H and O–H groups in total. The van der Waals surface area contributed by atoms with Gasteiger partial charge in [0, 0.05) is 6.07 Å². The molecule has 0 radical (unpaired) electrons. The first-order valence-electron chi connectivity index (χ1n) is 7.62. The highest BCUT2D eigenvalue weighted by molar-refractivity contribution is 7.16. The third-order valence-electron chi connectivity index (χ3n) is 3.39. The van der Waals surface area contributed by atoms with E-state index in [1.54, 1.807) is 26.0 Å². The van der Waals surface area contributed by atoms with E-state index in [4.69, 9.17) is 4.74 Å². The molecule has 10 heteroatoms. The lowest BCUT2D eigenvalue weighted by Gasteiger charge is -2.15. The molecule has 0 amide bonds. The number of hydrogen-bond donors (Lipinski definition) is 1. The number of aryl methyl sites for hydroxylation is 2. The molecular weight excluding hydrogens is 369 g/mol. The Morgan fingerprint density at radius 2 is 2.04 bits per heavy atom. The van der Waals surface area contributed by atoms with Crippen molar-refractivity contribution in [2.75, 3.05) is 11.9 Å². The molecule has 6 nitrogen and oxygen atoms in total. The van der Waals surface area contributed by atoms with Gasteiger partial charge in [-0.15, -0.1) is 0 Å². The van der Waals surface area contributed by atoms with Crippen molar-refractivity contribution in [3.8, 4) is 5.75 Å². The summed E-state index contributed by atoms with van der Waals surface area (Å²) in [6.45, 7) is 2.31. The second-order valence-corrected chi connectivity index (χ2v) is 6.82. The van der Waals surface area contributed by atoms with Crippen molar-refractivity contribution in [2.24, 2.45) is 0 Å². The summed E-state index contributed by atoms with van der Waals surface area (Å²) in [5.74, 6) is 0.0914. The molecule has 0 atom stereocenters. The van der Waals surface area contributed by atoms with E-state index in [1.807, 2.05) is 0 Å². The minimum Gasteiger partial charge on any atom is -0.482 e. The number of anilines is 1. The Hall–Kier alpha value is -2.62. The molecule has 26 heavy (non-hydrogen) atoms. The van der Waals surface area contributed by atoms with Gasteiger partial charge in [0.05, 0.1) is 17.9 Å². The third kappa shape index (κ3) is 4.31. The minimum absolute atomic E-state index is 0.0914. The zero-order valence-electron chi connectivity index (χ0n) is 13.9. The molecule has 138 valence electrons. The summed E-state index contributed by atoms with van der Waals surface area (Å²) >= 11 is 1.28. The lowest BCUT2D eigenvalue weighted by atomic mass is 10.2. The van der Waals surface area contributed by atoms with Gasteiger partial charge in [0.2, 0.25) is 4.96 Å². The van der Waals surface area contributed by atoms with E-state index in [9.17, 15) is 18.0 Å². The van der Waals surface area contributed by atoms with Crippen molar-refractivity contribution >= 4 is 22.0 Å². The smallest absolute Gasteiger partial charge is 0.422 e. The van der Waals surface area contributed by atoms with Crippen LogP contribution in [0.4, 0.5) is 18.9 Å². The lowest BCUT2D eigenvalue weighted by molar-refractivity contribution is -0.153. The topological polar surface area (TPSA) is 68.5 Å². The summed E-state index contributed by atoms with van der Waals surface area (Å²) in [4.78, 5) is 16.8. The molecule has 0 bridgehead atoms. The zero-order chi connectivity index (χ0) is 18.9. The van der Waals surface area contributed by atoms with Crippen LogP contribution in [0.2, 0.25) is 0 Å². The molecule has 3 rings (SSSR count). The molecule has 0 saturated carbocycles. The average molecular weight is 384 g/mol. The molecule has 0 aliphatic rings. The van der Waals surface area contributed by atoms with Crippen LogP contribution in [0.1, 0.15) is 16.3 Å². The number of aromatic nitrogens is 3. The SMILES string of the molecule is Cc1ccc(NCc2cc(=O)n3nc(C)sc3n2)c(OCC(F)(F)F)c1. The summed E-state index contributed by atoms with van der Waals surface area (Å²) in [6, 6.07) is 6.24. The predicted molar refractivity (Wildman–Crippen MR) is 91.9 cm³/mol. The monoisotopic (exact) mass is 384 g/mol. The Kier molecular flexibility index (Phi) is 4.86. The highest BCUT2D eigenvalue weighted by Crippen LogP contribution is 2.28. The van der Waals surface area contributed by atoms with Crippen LogP contribution in [0.15, 0.2) is 29.1 Å². The van der Waals surface area contributed by atoms with Gasteiger partial charge >= 0.3 is 6.18 Å². The number of hydrogen-bond acceptors (Lipinski definition) is 6. The van der Waals surface area contributed by atoms with Crippen LogP contribution in [0.5, 0.6) is 5.75 Å². The van der Waals surface area contributed by atoms with Crippen molar-refractivity contribution < 1.29 is 17.9 Å². The Labute approximate surface area is 150 Å². The second kappa shape index (κ2) is 6.94. The molecular formula is C16H15F3N4O2S. The first-order valence-corrected chi connectivity index (χ1v) is 8.43. The summed E-state index contributed by atoms with van der Waals surface area (Å²) in [6.07, 6.45) is -4.42. The predicted octanol–water partition coefficient (Wildman–Crippen LogP) is 3.32. The van der Waals surface area contributed by atoms with Crippen LogP contribution in [0.3, 0.4) is 0 Å². The number of nitrogens with one attached hydrogen (secondary N) is 1. The maximum absolute atomic E-state index is 12.4. The normalized spacial score (nSPS) is 11.7. The van der Waals surface area contributed by atoms with Crippen LogP contribution in [0.25, 0.3) is 4.96 Å². The van der Waals surface area contributed by atoms with Gasteiger partial charge in [-0.2, -0.15) is 22.8 Å². The van der Waals surface area contributed by atoms with Crippen LogP contribution >= 0.6 is 11.3 Å². The Balaban J connectivity index is 1.80. The van der Waals surface area contributed by atoms with Gasteiger partial charge in [-0.05, 0) is 31.5 Å². The molecule has 0 aliphatic carbocycles.